The Labute approximate surface area is 190 Å². The number of aryl methyl sites for hydroxylation is 1. The molecule has 1 aliphatic rings. The number of carbonyl (C=O) groups excluding carboxylic acids is 1. The quantitative estimate of drug-likeness (QED) is 0.429. The number of nitrogens with one attached hydrogen (secondary N) is 1. The van der Waals surface area contributed by atoms with Gasteiger partial charge >= 0.3 is 0 Å². The lowest BCUT2D eigenvalue weighted by atomic mass is 10.2. The van der Waals surface area contributed by atoms with Crippen LogP contribution in [0.25, 0.3) is 17.1 Å². The Morgan fingerprint density at radius 2 is 1.84 bits per heavy atom. The average molecular weight is 446 g/mol. The summed E-state index contributed by atoms with van der Waals surface area (Å²) >= 11 is 1.41. The molecule has 0 spiro atoms. The molecule has 162 valence electrons. The van der Waals surface area contributed by atoms with Gasteiger partial charge in [0.2, 0.25) is 5.91 Å². The van der Waals surface area contributed by atoms with Crippen molar-refractivity contribution in [3.05, 3.63) is 66.2 Å². The van der Waals surface area contributed by atoms with E-state index < -0.39 is 0 Å². The van der Waals surface area contributed by atoms with Crippen molar-refractivity contribution >= 4 is 23.4 Å². The van der Waals surface area contributed by atoms with Crippen LogP contribution in [0.1, 0.15) is 30.3 Å². The van der Waals surface area contributed by atoms with E-state index in [4.69, 9.17) is 0 Å². The monoisotopic (exact) mass is 445 g/mol. The lowest BCUT2D eigenvalue weighted by molar-refractivity contribution is -0.113. The van der Waals surface area contributed by atoms with E-state index >= 15 is 0 Å². The Bertz CT molecular complexity index is 1250. The van der Waals surface area contributed by atoms with E-state index in [1.54, 1.807) is 12.4 Å². The summed E-state index contributed by atoms with van der Waals surface area (Å²) in [6.45, 7) is 3.86. The SMILES string of the molecule is Cc1nn(-c2ccccc2)c(C)c1NC(=O)CSc1nnc(-c2ccncc2)n1C1CC1. The number of pyridine rings is 1. The van der Waals surface area contributed by atoms with Gasteiger partial charge in [0, 0.05) is 24.0 Å². The Hall–Kier alpha value is -3.46. The summed E-state index contributed by atoms with van der Waals surface area (Å²) in [5.74, 6) is 0.981. The van der Waals surface area contributed by atoms with Crippen LogP contribution in [-0.4, -0.2) is 41.2 Å². The molecule has 1 fully saturated rings. The summed E-state index contributed by atoms with van der Waals surface area (Å²) in [6.07, 6.45) is 5.71. The summed E-state index contributed by atoms with van der Waals surface area (Å²) in [5.41, 5.74) is 4.37. The van der Waals surface area contributed by atoms with Crippen LogP contribution in [0.2, 0.25) is 0 Å². The van der Waals surface area contributed by atoms with Gasteiger partial charge in [-0.2, -0.15) is 5.10 Å². The highest BCUT2D eigenvalue weighted by atomic mass is 32.2. The maximum Gasteiger partial charge on any atom is 0.234 e. The molecular formula is C23H23N7OS. The molecule has 9 heteroatoms. The van der Waals surface area contributed by atoms with Gasteiger partial charge in [0.1, 0.15) is 0 Å². The fourth-order valence-corrected chi connectivity index (χ4v) is 4.49. The van der Waals surface area contributed by atoms with Crippen molar-refractivity contribution in [3.8, 4) is 17.1 Å². The second-order valence-electron chi connectivity index (χ2n) is 7.77. The van der Waals surface area contributed by atoms with Gasteiger partial charge in [-0.3, -0.25) is 14.3 Å². The fraction of sp³-hybridized carbons (Fsp3) is 0.261. The normalized spacial score (nSPS) is 13.3. The zero-order valence-corrected chi connectivity index (χ0v) is 18.7. The summed E-state index contributed by atoms with van der Waals surface area (Å²) in [7, 11) is 0. The Kier molecular flexibility index (Phi) is 5.48. The number of thioether (sulfide) groups is 1. The Morgan fingerprint density at radius 1 is 1.09 bits per heavy atom. The van der Waals surface area contributed by atoms with Gasteiger partial charge in [-0.1, -0.05) is 30.0 Å². The minimum absolute atomic E-state index is 0.0929. The minimum Gasteiger partial charge on any atom is -0.322 e. The molecule has 3 heterocycles. The molecule has 0 atom stereocenters. The van der Waals surface area contributed by atoms with Crippen molar-refractivity contribution in [2.45, 2.75) is 37.9 Å². The van der Waals surface area contributed by atoms with Crippen molar-refractivity contribution in [2.24, 2.45) is 0 Å². The van der Waals surface area contributed by atoms with Crippen molar-refractivity contribution in [1.29, 1.82) is 0 Å². The molecule has 8 nitrogen and oxygen atoms in total. The molecule has 0 unspecified atom stereocenters. The number of benzene rings is 1. The summed E-state index contributed by atoms with van der Waals surface area (Å²) in [6, 6.07) is 14.1. The van der Waals surface area contributed by atoms with E-state index in [1.165, 1.54) is 11.8 Å². The van der Waals surface area contributed by atoms with Crippen LogP contribution in [0.4, 0.5) is 5.69 Å². The maximum atomic E-state index is 12.8. The standard InChI is InChI=1S/C23H23N7OS/c1-15-21(16(2)30(28-15)19-6-4-3-5-7-19)25-20(31)14-32-23-27-26-22(29(23)18-8-9-18)17-10-12-24-13-11-17/h3-7,10-13,18H,8-9,14H2,1-2H3,(H,25,31). The second kappa shape index (κ2) is 8.58. The zero-order valence-electron chi connectivity index (χ0n) is 17.9. The predicted molar refractivity (Wildman–Crippen MR) is 124 cm³/mol. The first kappa shape index (κ1) is 20.4. The van der Waals surface area contributed by atoms with E-state index in [-0.39, 0.29) is 11.7 Å². The number of anilines is 1. The molecule has 1 amide bonds. The van der Waals surface area contributed by atoms with E-state index in [1.807, 2.05) is 61.0 Å². The van der Waals surface area contributed by atoms with Gasteiger partial charge in [-0.15, -0.1) is 10.2 Å². The predicted octanol–water partition coefficient (Wildman–Crippen LogP) is 4.21. The number of aromatic nitrogens is 6. The largest absolute Gasteiger partial charge is 0.322 e. The van der Waals surface area contributed by atoms with Crippen molar-refractivity contribution < 1.29 is 4.79 Å². The minimum atomic E-state index is -0.0929. The molecule has 1 N–H and O–H groups in total. The third-order valence-corrected chi connectivity index (χ3v) is 6.35. The Balaban J connectivity index is 1.31. The number of carbonyl (C=O) groups is 1. The molecule has 1 aliphatic carbocycles. The molecule has 1 saturated carbocycles. The Morgan fingerprint density at radius 3 is 2.56 bits per heavy atom. The third-order valence-electron chi connectivity index (χ3n) is 5.40. The molecule has 3 aromatic heterocycles. The highest BCUT2D eigenvalue weighted by Gasteiger charge is 2.30. The van der Waals surface area contributed by atoms with Crippen molar-refractivity contribution in [3.63, 3.8) is 0 Å². The molecule has 0 radical (unpaired) electrons. The number of hydrogen-bond acceptors (Lipinski definition) is 6. The van der Waals surface area contributed by atoms with Crippen LogP contribution < -0.4 is 5.32 Å². The fourth-order valence-electron chi connectivity index (χ4n) is 3.68. The first-order valence-corrected chi connectivity index (χ1v) is 11.5. The number of amides is 1. The van der Waals surface area contributed by atoms with Crippen molar-refractivity contribution in [2.75, 3.05) is 11.1 Å². The molecule has 0 aliphatic heterocycles. The number of para-hydroxylation sites is 1. The van der Waals surface area contributed by atoms with Gasteiger partial charge in [0.05, 0.1) is 28.5 Å². The van der Waals surface area contributed by atoms with E-state index in [2.05, 4.69) is 30.2 Å². The maximum absolute atomic E-state index is 12.8. The van der Waals surface area contributed by atoms with Crippen LogP contribution in [-0.2, 0) is 4.79 Å². The lowest BCUT2D eigenvalue weighted by Crippen LogP contribution is -2.16. The van der Waals surface area contributed by atoms with E-state index in [9.17, 15) is 4.79 Å². The smallest absolute Gasteiger partial charge is 0.234 e. The first-order valence-electron chi connectivity index (χ1n) is 10.5. The molecular weight excluding hydrogens is 422 g/mol. The molecule has 1 aromatic carbocycles. The highest BCUT2D eigenvalue weighted by Crippen LogP contribution is 2.41. The lowest BCUT2D eigenvalue weighted by Gasteiger charge is -2.09. The van der Waals surface area contributed by atoms with Gasteiger partial charge in [0.15, 0.2) is 11.0 Å². The topological polar surface area (TPSA) is 90.5 Å². The zero-order chi connectivity index (χ0) is 22.1. The van der Waals surface area contributed by atoms with Crippen LogP contribution in [0.15, 0.2) is 60.0 Å². The number of nitrogens with zero attached hydrogens (tertiary/aromatic N) is 6. The van der Waals surface area contributed by atoms with Crippen LogP contribution >= 0.6 is 11.8 Å². The van der Waals surface area contributed by atoms with Gasteiger partial charge in [-0.05, 0) is 51.0 Å². The number of hydrogen-bond donors (Lipinski definition) is 1. The summed E-state index contributed by atoms with van der Waals surface area (Å²) in [5, 5.41) is 17.2. The van der Waals surface area contributed by atoms with Gasteiger partial charge in [0.25, 0.3) is 0 Å². The van der Waals surface area contributed by atoms with E-state index in [0.29, 0.717) is 6.04 Å². The number of rotatable bonds is 7. The molecule has 0 saturated heterocycles. The molecule has 0 bridgehead atoms. The second-order valence-corrected chi connectivity index (χ2v) is 8.72. The molecule has 4 aromatic rings. The molecule has 5 rings (SSSR count). The van der Waals surface area contributed by atoms with Crippen molar-refractivity contribution in [1.82, 2.24) is 29.5 Å². The summed E-state index contributed by atoms with van der Waals surface area (Å²) < 4.78 is 4.00. The first-order chi connectivity index (χ1) is 15.6. The molecule has 32 heavy (non-hydrogen) atoms. The van der Waals surface area contributed by atoms with E-state index in [0.717, 1.165) is 52.1 Å². The van der Waals surface area contributed by atoms with Gasteiger partial charge in [-0.25, -0.2) is 4.68 Å². The van der Waals surface area contributed by atoms with Gasteiger partial charge < -0.3 is 5.32 Å². The highest BCUT2D eigenvalue weighted by molar-refractivity contribution is 7.99. The van der Waals surface area contributed by atoms with Crippen LogP contribution in [0, 0.1) is 13.8 Å². The van der Waals surface area contributed by atoms with Crippen LogP contribution in [0.5, 0.6) is 0 Å². The third kappa shape index (κ3) is 4.03. The summed E-state index contributed by atoms with van der Waals surface area (Å²) in [4.78, 5) is 16.9. The van der Waals surface area contributed by atoms with Crippen LogP contribution in [0.3, 0.4) is 0 Å². The average Bonchev–Trinajstić information content (AvgIpc) is 3.52.